The number of aromatic nitrogens is 1. The highest BCUT2D eigenvalue weighted by molar-refractivity contribution is 7.91. The molecule has 0 aliphatic rings. The Morgan fingerprint density at radius 1 is 1.03 bits per heavy atom. The van der Waals surface area contributed by atoms with Crippen LogP contribution in [-0.2, 0) is 18.4 Å². The number of hydrogen-bond acceptors (Lipinski definition) is 5. The predicted octanol–water partition coefficient (Wildman–Crippen LogP) is 5.53. The molecule has 0 bridgehead atoms. The maximum Gasteiger partial charge on any atom is 0.344 e. The van der Waals surface area contributed by atoms with Gasteiger partial charge in [0.25, 0.3) is 5.56 Å². The standard InChI is InChI=1S/C21H15Cl4NO5S/c1-2-31-20(28)16-15(12-8-10-13(22)11-9-12)17(18(21(23,24)25)26-19(16)27)32(29,30)14-6-4-3-5-7-14/h3-11H,2H2,1H3,(H,26,27). The smallest absolute Gasteiger partial charge is 0.344 e. The van der Waals surface area contributed by atoms with Crippen LogP contribution in [0.25, 0.3) is 11.1 Å². The monoisotopic (exact) mass is 533 g/mol. The van der Waals surface area contributed by atoms with Crippen LogP contribution >= 0.6 is 46.4 Å². The molecule has 168 valence electrons. The molecular weight excluding hydrogens is 520 g/mol. The summed E-state index contributed by atoms with van der Waals surface area (Å²) in [5.74, 6) is -1.03. The number of benzene rings is 2. The number of carbonyl (C=O) groups excluding carboxylic acids is 1. The number of nitrogens with one attached hydrogen (secondary N) is 1. The SMILES string of the molecule is CCOC(=O)c1c(-c2ccc(Cl)cc2)c(S(=O)(=O)c2ccccc2)c(C(Cl)(Cl)Cl)[nH]c1=O. The second-order valence-electron chi connectivity index (χ2n) is 6.45. The van der Waals surface area contributed by atoms with Crippen molar-refractivity contribution in [1.82, 2.24) is 4.98 Å². The molecule has 1 N–H and O–H groups in total. The van der Waals surface area contributed by atoms with Crippen LogP contribution in [0.3, 0.4) is 0 Å². The van der Waals surface area contributed by atoms with Gasteiger partial charge in [0.2, 0.25) is 13.6 Å². The molecule has 2 aromatic carbocycles. The van der Waals surface area contributed by atoms with Crippen LogP contribution < -0.4 is 5.56 Å². The second kappa shape index (κ2) is 9.45. The summed E-state index contributed by atoms with van der Waals surface area (Å²) in [5.41, 5.74) is -2.08. The third kappa shape index (κ3) is 4.82. The van der Waals surface area contributed by atoms with Crippen molar-refractivity contribution in [2.75, 3.05) is 6.61 Å². The van der Waals surface area contributed by atoms with Gasteiger partial charge in [0.15, 0.2) is 0 Å². The third-order valence-corrected chi connectivity index (χ3v) is 7.05. The van der Waals surface area contributed by atoms with Crippen molar-refractivity contribution in [2.24, 2.45) is 0 Å². The zero-order valence-electron chi connectivity index (χ0n) is 16.4. The summed E-state index contributed by atoms with van der Waals surface area (Å²) in [6.45, 7) is 1.50. The van der Waals surface area contributed by atoms with E-state index in [-0.39, 0.29) is 22.6 Å². The van der Waals surface area contributed by atoms with Crippen LogP contribution in [0, 0.1) is 0 Å². The van der Waals surface area contributed by atoms with Crippen molar-refractivity contribution in [1.29, 1.82) is 0 Å². The number of ether oxygens (including phenoxy) is 1. The number of pyridine rings is 1. The topological polar surface area (TPSA) is 93.3 Å². The minimum absolute atomic E-state index is 0.0503. The molecule has 0 radical (unpaired) electrons. The van der Waals surface area contributed by atoms with Gasteiger partial charge in [0.05, 0.1) is 17.2 Å². The molecule has 6 nitrogen and oxygen atoms in total. The molecule has 0 aliphatic carbocycles. The summed E-state index contributed by atoms with van der Waals surface area (Å²) in [6, 6.07) is 13.2. The van der Waals surface area contributed by atoms with Crippen molar-refractivity contribution in [3.8, 4) is 11.1 Å². The van der Waals surface area contributed by atoms with Crippen molar-refractivity contribution in [2.45, 2.75) is 20.5 Å². The van der Waals surface area contributed by atoms with E-state index in [0.717, 1.165) is 0 Å². The fourth-order valence-corrected chi connectivity index (χ4v) is 5.49. The van der Waals surface area contributed by atoms with E-state index < -0.39 is 41.3 Å². The number of esters is 1. The van der Waals surface area contributed by atoms with Crippen LogP contribution in [0.15, 0.2) is 69.2 Å². The van der Waals surface area contributed by atoms with Gasteiger partial charge in [-0.3, -0.25) is 4.79 Å². The van der Waals surface area contributed by atoms with E-state index >= 15 is 0 Å². The molecule has 0 saturated heterocycles. The Kier molecular flexibility index (Phi) is 7.27. The average Bonchev–Trinajstić information content (AvgIpc) is 2.73. The van der Waals surface area contributed by atoms with Crippen molar-refractivity contribution in [3.05, 3.63) is 81.2 Å². The molecule has 1 heterocycles. The quantitative estimate of drug-likeness (QED) is 0.343. The molecule has 0 saturated carbocycles. The summed E-state index contributed by atoms with van der Waals surface area (Å²) < 4.78 is 30.1. The summed E-state index contributed by atoms with van der Waals surface area (Å²) in [7, 11) is -4.39. The second-order valence-corrected chi connectivity index (χ2v) is 11.1. The number of carbonyl (C=O) groups is 1. The van der Waals surface area contributed by atoms with Gasteiger partial charge in [0, 0.05) is 10.6 Å². The van der Waals surface area contributed by atoms with E-state index in [1.165, 1.54) is 48.5 Å². The Morgan fingerprint density at radius 3 is 2.16 bits per heavy atom. The fraction of sp³-hybridized carbons (Fsp3) is 0.143. The third-order valence-electron chi connectivity index (χ3n) is 4.39. The maximum absolute atomic E-state index is 13.7. The Morgan fingerprint density at radius 2 is 1.62 bits per heavy atom. The lowest BCUT2D eigenvalue weighted by Crippen LogP contribution is -2.28. The van der Waals surface area contributed by atoms with Crippen LogP contribution in [0.2, 0.25) is 5.02 Å². The first-order valence-corrected chi connectivity index (χ1v) is 12.1. The van der Waals surface area contributed by atoms with Crippen LogP contribution in [0.1, 0.15) is 23.0 Å². The molecular formula is C21H15Cl4NO5S. The lowest BCUT2D eigenvalue weighted by molar-refractivity contribution is 0.0525. The van der Waals surface area contributed by atoms with E-state index in [0.29, 0.717) is 5.02 Å². The summed E-state index contributed by atoms with van der Waals surface area (Å²) in [4.78, 5) is 27.3. The van der Waals surface area contributed by atoms with Gasteiger partial charge >= 0.3 is 5.97 Å². The lowest BCUT2D eigenvalue weighted by Gasteiger charge is -2.21. The maximum atomic E-state index is 13.7. The number of rotatable bonds is 5. The number of hydrogen-bond donors (Lipinski definition) is 1. The molecule has 3 aromatic rings. The van der Waals surface area contributed by atoms with Crippen molar-refractivity contribution >= 4 is 62.2 Å². The van der Waals surface area contributed by atoms with Crippen molar-refractivity contribution < 1.29 is 17.9 Å². The Labute approximate surface area is 204 Å². The van der Waals surface area contributed by atoms with Crippen LogP contribution in [0.4, 0.5) is 0 Å². The van der Waals surface area contributed by atoms with E-state index in [9.17, 15) is 18.0 Å². The summed E-state index contributed by atoms with van der Waals surface area (Å²) >= 11 is 24.2. The highest BCUT2D eigenvalue weighted by Crippen LogP contribution is 2.45. The van der Waals surface area contributed by atoms with Gasteiger partial charge in [-0.05, 0) is 36.8 Å². The van der Waals surface area contributed by atoms with Gasteiger partial charge in [-0.25, -0.2) is 13.2 Å². The highest BCUT2D eigenvalue weighted by atomic mass is 35.6. The van der Waals surface area contributed by atoms with Gasteiger partial charge in [0.1, 0.15) is 10.5 Å². The highest BCUT2D eigenvalue weighted by Gasteiger charge is 2.39. The summed E-state index contributed by atoms with van der Waals surface area (Å²) in [6.07, 6.45) is 0. The van der Waals surface area contributed by atoms with Crippen LogP contribution in [-0.4, -0.2) is 26.0 Å². The molecule has 1 aromatic heterocycles. The molecule has 0 fully saturated rings. The first kappa shape index (κ1) is 24.6. The number of halogens is 4. The Hall–Kier alpha value is -2.03. The molecule has 0 spiro atoms. The minimum atomic E-state index is -4.39. The predicted molar refractivity (Wildman–Crippen MR) is 125 cm³/mol. The van der Waals surface area contributed by atoms with Gasteiger partial charge in [-0.1, -0.05) is 76.7 Å². The van der Waals surface area contributed by atoms with E-state index in [4.69, 9.17) is 51.1 Å². The number of sulfone groups is 1. The zero-order valence-corrected chi connectivity index (χ0v) is 20.2. The molecule has 32 heavy (non-hydrogen) atoms. The molecule has 3 rings (SSSR count). The molecule has 0 atom stereocenters. The number of alkyl halides is 3. The average molecular weight is 535 g/mol. The number of H-pyrrole nitrogens is 1. The normalized spacial score (nSPS) is 11.9. The van der Waals surface area contributed by atoms with Crippen LogP contribution in [0.5, 0.6) is 0 Å². The first-order valence-electron chi connectivity index (χ1n) is 9.09. The van der Waals surface area contributed by atoms with E-state index in [1.807, 2.05) is 0 Å². The Bertz CT molecular complexity index is 1320. The number of aromatic amines is 1. The Balaban J connectivity index is 2.57. The molecule has 0 aliphatic heterocycles. The minimum Gasteiger partial charge on any atom is -0.462 e. The molecule has 0 amide bonds. The van der Waals surface area contributed by atoms with Gasteiger partial charge < -0.3 is 9.72 Å². The largest absolute Gasteiger partial charge is 0.462 e. The van der Waals surface area contributed by atoms with Crippen molar-refractivity contribution in [3.63, 3.8) is 0 Å². The van der Waals surface area contributed by atoms with Gasteiger partial charge in [-0.15, -0.1) is 0 Å². The summed E-state index contributed by atoms with van der Waals surface area (Å²) in [5, 5.41) is 0.352. The zero-order chi connectivity index (χ0) is 23.7. The van der Waals surface area contributed by atoms with Gasteiger partial charge in [-0.2, -0.15) is 0 Å². The molecule has 11 heteroatoms. The first-order chi connectivity index (χ1) is 15.0. The molecule has 0 unspecified atom stereocenters. The van der Waals surface area contributed by atoms with E-state index in [1.54, 1.807) is 13.0 Å². The lowest BCUT2D eigenvalue weighted by atomic mass is 10.00. The fourth-order valence-electron chi connectivity index (χ4n) is 3.06. The van der Waals surface area contributed by atoms with E-state index in [2.05, 4.69) is 4.98 Å².